The van der Waals surface area contributed by atoms with E-state index in [1.54, 1.807) is 0 Å². The highest BCUT2D eigenvalue weighted by Crippen LogP contribution is 2.22. The molecule has 0 spiro atoms. The second kappa shape index (κ2) is 7.82. The summed E-state index contributed by atoms with van der Waals surface area (Å²) in [4.78, 5) is 14.2. The third-order valence-electron chi connectivity index (χ3n) is 3.10. The SMILES string of the molecule is CCCN(c1ccccc1)[C@@H](CC(C)C)C(=O)OC. The molecule has 0 aliphatic heterocycles. The number of methoxy groups -OCH3 is 1. The maximum atomic E-state index is 12.1. The van der Waals surface area contributed by atoms with Gasteiger partial charge in [-0.3, -0.25) is 0 Å². The van der Waals surface area contributed by atoms with Crippen LogP contribution < -0.4 is 4.90 Å². The third-order valence-corrected chi connectivity index (χ3v) is 3.10. The molecule has 106 valence electrons. The average molecular weight is 263 g/mol. The van der Waals surface area contributed by atoms with Crippen molar-refractivity contribution in [3.63, 3.8) is 0 Å². The molecule has 1 atom stereocenters. The minimum Gasteiger partial charge on any atom is -0.467 e. The monoisotopic (exact) mass is 263 g/mol. The Labute approximate surface area is 116 Å². The van der Waals surface area contributed by atoms with Crippen molar-refractivity contribution in [2.75, 3.05) is 18.6 Å². The maximum absolute atomic E-state index is 12.1. The molecule has 0 saturated heterocycles. The molecule has 0 heterocycles. The Morgan fingerprint density at radius 3 is 2.37 bits per heavy atom. The van der Waals surface area contributed by atoms with E-state index in [1.807, 2.05) is 30.3 Å². The van der Waals surface area contributed by atoms with Gasteiger partial charge in [0.1, 0.15) is 6.04 Å². The summed E-state index contributed by atoms with van der Waals surface area (Å²) in [5.74, 6) is 0.304. The van der Waals surface area contributed by atoms with Gasteiger partial charge < -0.3 is 9.64 Å². The van der Waals surface area contributed by atoms with Crippen LogP contribution in [0.15, 0.2) is 30.3 Å². The lowest BCUT2D eigenvalue weighted by Gasteiger charge is -2.32. The Bertz CT molecular complexity index is 376. The predicted octanol–water partition coefficient (Wildman–Crippen LogP) is 3.49. The molecule has 0 fully saturated rings. The van der Waals surface area contributed by atoms with Crippen molar-refractivity contribution in [1.82, 2.24) is 0 Å². The van der Waals surface area contributed by atoms with Gasteiger partial charge in [-0.05, 0) is 30.9 Å². The van der Waals surface area contributed by atoms with Gasteiger partial charge in [0.2, 0.25) is 0 Å². The van der Waals surface area contributed by atoms with Crippen molar-refractivity contribution < 1.29 is 9.53 Å². The van der Waals surface area contributed by atoms with Crippen LogP contribution in [0.5, 0.6) is 0 Å². The van der Waals surface area contributed by atoms with E-state index >= 15 is 0 Å². The van der Waals surface area contributed by atoms with Crippen molar-refractivity contribution in [2.24, 2.45) is 5.92 Å². The molecule has 0 aromatic heterocycles. The van der Waals surface area contributed by atoms with E-state index < -0.39 is 0 Å². The average Bonchev–Trinajstić information content (AvgIpc) is 2.42. The highest BCUT2D eigenvalue weighted by molar-refractivity contribution is 5.80. The Hall–Kier alpha value is -1.51. The zero-order valence-corrected chi connectivity index (χ0v) is 12.4. The molecule has 0 saturated carbocycles. The summed E-state index contributed by atoms with van der Waals surface area (Å²) >= 11 is 0. The lowest BCUT2D eigenvalue weighted by Crippen LogP contribution is -2.43. The number of anilines is 1. The first kappa shape index (κ1) is 15.5. The first-order chi connectivity index (χ1) is 9.10. The van der Waals surface area contributed by atoms with Crippen molar-refractivity contribution >= 4 is 11.7 Å². The van der Waals surface area contributed by atoms with Crippen LogP contribution in [0, 0.1) is 5.92 Å². The Morgan fingerprint density at radius 2 is 1.89 bits per heavy atom. The molecule has 0 aliphatic carbocycles. The number of hydrogen-bond donors (Lipinski definition) is 0. The van der Waals surface area contributed by atoms with Gasteiger partial charge in [0, 0.05) is 12.2 Å². The fourth-order valence-corrected chi connectivity index (χ4v) is 2.26. The first-order valence-corrected chi connectivity index (χ1v) is 6.99. The maximum Gasteiger partial charge on any atom is 0.328 e. The van der Waals surface area contributed by atoms with Gasteiger partial charge in [0.25, 0.3) is 0 Å². The summed E-state index contributed by atoms with van der Waals surface area (Å²) in [6.45, 7) is 7.24. The zero-order chi connectivity index (χ0) is 14.3. The van der Waals surface area contributed by atoms with Crippen LogP contribution in [0.3, 0.4) is 0 Å². The zero-order valence-electron chi connectivity index (χ0n) is 12.4. The van der Waals surface area contributed by atoms with Crippen LogP contribution >= 0.6 is 0 Å². The van der Waals surface area contributed by atoms with Gasteiger partial charge in [-0.25, -0.2) is 4.79 Å². The van der Waals surface area contributed by atoms with E-state index in [9.17, 15) is 4.79 Å². The lowest BCUT2D eigenvalue weighted by atomic mass is 10.0. The van der Waals surface area contributed by atoms with Crippen molar-refractivity contribution in [1.29, 1.82) is 0 Å². The largest absolute Gasteiger partial charge is 0.467 e. The van der Waals surface area contributed by atoms with Crippen LogP contribution in [-0.2, 0) is 9.53 Å². The molecule has 19 heavy (non-hydrogen) atoms. The molecule has 3 nitrogen and oxygen atoms in total. The van der Waals surface area contributed by atoms with Crippen LogP contribution in [0.25, 0.3) is 0 Å². The number of hydrogen-bond acceptors (Lipinski definition) is 3. The Morgan fingerprint density at radius 1 is 1.26 bits per heavy atom. The van der Waals surface area contributed by atoms with Gasteiger partial charge >= 0.3 is 5.97 Å². The molecule has 0 amide bonds. The number of rotatable bonds is 7. The van der Waals surface area contributed by atoms with E-state index in [1.165, 1.54) is 7.11 Å². The predicted molar refractivity (Wildman–Crippen MR) is 79.3 cm³/mol. The fraction of sp³-hybridized carbons (Fsp3) is 0.562. The molecule has 1 aromatic carbocycles. The molecule has 1 aromatic rings. The van der Waals surface area contributed by atoms with Crippen LogP contribution in [-0.4, -0.2) is 25.7 Å². The standard InChI is InChI=1S/C16H25NO2/c1-5-11-17(14-9-7-6-8-10-14)15(12-13(2)3)16(18)19-4/h6-10,13,15H,5,11-12H2,1-4H3/t15-/m0/s1. The summed E-state index contributed by atoms with van der Waals surface area (Å²) in [6.07, 6.45) is 1.81. The second-order valence-electron chi connectivity index (χ2n) is 5.20. The van der Waals surface area contributed by atoms with Crippen molar-refractivity contribution in [2.45, 2.75) is 39.7 Å². The highest BCUT2D eigenvalue weighted by Gasteiger charge is 2.27. The normalized spacial score (nSPS) is 12.3. The van der Waals surface area contributed by atoms with Gasteiger partial charge in [0.05, 0.1) is 7.11 Å². The summed E-state index contributed by atoms with van der Waals surface area (Å²) in [7, 11) is 1.46. The number of carbonyl (C=O) groups is 1. The summed E-state index contributed by atoms with van der Waals surface area (Å²) < 4.78 is 4.98. The molecular formula is C16H25NO2. The molecule has 1 rings (SSSR count). The van der Waals surface area contributed by atoms with Gasteiger partial charge in [0.15, 0.2) is 0 Å². The lowest BCUT2D eigenvalue weighted by molar-refractivity contribution is -0.142. The molecule has 0 N–H and O–H groups in total. The van der Waals surface area contributed by atoms with E-state index in [4.69, 9.17) is 4.74 Å². The Kier molecular flexibility index (Phi) is 6.40. The summed E-state index contributed by atoms with van der Waals surface area (Å²) in [5, 5.41) is 0. The highest BCUT2D eigenvalue weighted by atomic mass is 16.5. The fourth-order valence-electron chi connectivity index (χ4n) is 2.26. The van der Waals surface area contributed by atoms with Crippen LogP contribution in [0.4, 0.5) is 5.69 Å². The third kappa shape index (κ3) is 4.58. The number of esters is 1. The number of nitrogens with zero attached hydrogens (tertiary/aromatic N) is 1. The molecular weight excluding hydrogens is 238 g/mol. The van der Waals surface area contributed by atoms with Crippen molar-refractivity contribution in [3.8, 4) is 0 Å². The first-order valence-electron chi connectivity index (χ1n) is 6.99. The topological polar surface area (TPSA) is 29.5 Å². The minimum absolute atomic E-state index is 0.147. The number of benzene rings is 1. The summed E-state index contributed by atoms with van der Waals surface area (Å²) in [5.41, 5.74) is 1.08. The second-order valence-corrected chi connectivity index (χ2v) is 5.20. The van der Waals surface area contributed by atoms with Crippen LogP contribution in [0.1, 0.15) is 33.6 Å². The van der Waals surface area contributed by atoms with Crippen molar-refractivity contribution in [3.05, 3.63) is 30.3 Å². The minimum atomic E-state index is -0.202. The van der Waals surface area contributed by atoms with Crippen LogP contribution in [0.2, 0.25) is 0 Å². The number of carbonyl (C=O) groups excluding carboxylic acids is 1. The van der Waals surface area contributed by atoms with E-state index in [2.05, 4.69) is 25.7 Å². The van der Waals surface area contributed by atoms with E-state index in [0.29, 0.717) is 5.92 Å². The van der Waals surface area contributed by atoms with Gasteiger partial charge in [-0.15, -0.1) is 0 Å². The molecule has 0 aliphatic rings. The Balaban J connectivity index is 3.01. The van der Waals surface area contributed by atoms with Gasteiger partial charge in [-0.2, -0.15) is 0 Å². The quantitative estimate of drug-likeness (QED) is 0.705. The number of para-hydroxylation sites is 1. The molecule has 3 heteroatoms. The molecule has 0 bridgehead atoms. The smallest absolute Gasteiger partial charge is 0.328 e. The van der Waals surface area contributed by atoms with E-state index in [-0.39, 0.29) is 12.0 Å². The number of ether oxygens (including phenoxy) is 1. The molecule has 0 radical (unpaired) electrons. The molecule has 0 unspecified atom stereocenters. The van der Waals surface area contributed by atoms with E-state index in [0.717, 1.165) is 25.1 Å². The van der Waals surface area contributed by atoms with Gasteiger partial charge in [-0.1, -0.05) is 39.0 Å². The summed E-state index contributed by atoms with van der Waals surface area (Å²) in [6, 6.07) is 9.89.